The molecule has 3 rings (SSSR count). The van der Waals surface area contributed by atoms with Crippen LogP contribution in [0.3, 0.4) is 0 Å². The summed E-state index contributed by atoms with van der Waals surface area (Å²) in [6.45, 7) is 16.7. The molecule has 1 N–H and O–H groups in total. The van der Waals surface area contributed by atoms with Crippen LogP contribution in [0, 0.1) is 11.7 Å². The van der Waals surface area contributed by atoms with Crippen LogP contribution in [0.2, 0.25) is 0 Å². The summed E-state index contributed by atoms with van der Waals surface area (Å²) < 4.78 is 20.0. The Balaban J connectivity index is 1.61. The van der Waals surface area contributed by atoms with Crippen molar-refractivity contribution in [2.75, 3.05) is 13.1 Å². The van der Waals surface area contributed by atoms with E-state index in [-0.39, 0.29) is 11.9 Å². The predicted octanol–water partition coefficient (Wildman–Crippen LogP) is 6.99. The van der Waals surface area contributed by atoms with Crippen LogP contribution in [0.4, 0.5) is 4.39 Å². The molecule has 2 aromatic rings. The van der Waals surface area contributed by atoms with E-state index in [2.05, 4.69) is 61.8 Å². The van der Waals surface area contributed by atoms with Crippen molar-refractivity contribution in [3.05, 3.63) is 71.6 Å². The first-order chi connectivity index (χ1) is 15.8. The SMILES string of the molecule is C=C(c1ccc(OC(C)C)c(F)c1)N1CCC(Cc2ccccc2C(CC)NC(C)C)CC1. The fourth-order valence-electron chi connectivity index (χ4n) is 4.82. The van der Waals surface area contributed by atoms with Crippen LogP contribution in [0.15, 0.2) is 49.0 Å². The molecule has 1 aliphatic rings. The quantitative estimate of drug-likeness (QED) is 0.420. The summed E-state index contributed by atoms with van der Waals surface area (Å²) in [5.74, 6) is 0.635. The van der Waals surface area contributed by atoms with E-state index in [9.17, 15) is 4.39 Å². The third-order valence-corrected chi connectivity index (χ3v) is 6.51. The molecule has 33 heavy (non-hydrogen) atoms. The molecule has 0 radical (unpaired) electrons. The van der Waals surface area contributed by atoms with E-state index in [0.717, 1.165) is 50.0 Å². The lowest BCUT2D eigenvalue weighted by molar-refractivity contribution is 0.231. The maximum atomic E-state index is 14.5. The lowest BCUT2D eigenvalue weighted by Crippen LogP contribution is -2.33. The highest BCUT2D eigenvalue weighted by atomic mass is 19.1. The van der Waals surface area contributed by atoms with Gasteiger partial charge in [0.05, 0.1) is 6.10 Å². The standard InChI is InChI=1S/C29H41FN2O/c1-7-28(31-20(2)3)26-11-9-8-10-25(26)18-23-14-16-32(17-15-23)22(6)24-12-13-29(27(30)19-24)33-21(4)5/h8-13,19-21,23,28,31H,6-7,14-18H2,1-5H3. The van der Waals surface area contributed by atoms with Gasteiger partial charge in [0.25, 0.3) is 0 Å². The summed E-state index contributed by atoms with van der Waals surface area (Å²) in [7, 11) is 0. The third kappa shape index (κ3) is 6.83. The maximum Gasteiger partial charge on any atom is 0.165 e. The van der Waals surface area contributed by atoms with Gasteiger partial charge in [0.1, 0.15) is 0 Å². The first-order valence-corrected chi connectivity index (χ1v) is 12.5. The molecule has 3 nitrogen and oxygen atoms in total. The topological polar surface area (TPSA) is 24.5 Å². The third-order valence-electron chi connectivity index (χ3n) is 6.51. The molecular formula is C29H41FN2O. The molecular weight excluding hydrogens is 411 g/mol. The summed E-state index contributed by atoms with van der Waals surface area (Å²) in [5.41, 5.74) is 4.64. The Morgan fingerprint density at radius 3 is 2.42 bits per heavy atom. The van der Waals surface area contributed by atoms with E-state index < -0.39 is 0 Å². The first-order valence-electron chi connectivity index (χ1n) is 12.5. The Morgan fingerprint density at radius 1 is 1.12 bits per heavy atom. The van der Waals surface area contributed by atoms with Crippen LogP contribution >= 0.6 is 0 Å². The Morgan fingerprint density at radius 2 is 1.82 bits per heavy atom. The summed E-state index contributed by atoms with van der Waals surface area (Å²) >= 11 is 0. The highest BCUT2D eigenvalue weighted by Gasteiger charge is 2.23. The van der Waals surface area contributed by atoms with E-state index in [1.807, 2.05) is 19.9 Å². The smallest absolute Gasteiger partial charge is 0.165 e. The number of piperidine rings is 1. The first kappa shape index (κ1) is 25.3. The van der Waals surface area contributed by atoms with Gasteiger partial charge in [-0.05, 0) is 74.8 Å². The molecule has 0 aromatic heterocycles. The summed E-state index contributed by atoms with van der Waals surface area (Å²) in [6.07, 6.45) is 4.40. The Hall–Kier alpha value is -2.33. The summed E-state index contributed by atoms with van der Waals surface area (Å²) in [6, 6.07) is 15.0. The van der Waals surface area contributed by atoms with E-state index in [1.165, 1.54) is 11.1 Å². The molecule has 0 saturated carbocycles. The van der Waals surface area contributed by atoms with E-state index in [0.29, 0.717) is 23.8 Å². The predicted molar refractivity (Wildman–Crippen MR) is 137 cm³/mol. The Labute approximate surface area is 200 Å². The summed E-state index contributed by atoms with van der Waals surface area (Å²) in [5, 5.41) is 3.72. The Kier molecular flexibility index (Phi) is 8.96. The van der Waals surface area contributed by atoms with Gasteiger partial charge in [-0.3, -0.25) is 0 Å². The lowest BCUT2D eigenvalue weighted by Gasteiger charge is -2.35. The molecule has 1 fully saturated rings. The Bertz CT molecular complexity index is 916. The second kappa shape index (κ2) is 11.7. The zero-order valence-corrected chi connectivity index (χ0v) is 21.0. The van der Waals surface area contributed by atoms with Crippen molar-refractivity contribution in [1.82, 2.24) is 10.2 Å². The molecule has 1 heterocycles. The second-order valence-electron chi connectivity index (χ2n) is 9.87. The van der Waals surface area contributed by atoms with Crippen molar-refractivity contribution < 1.29 is 9.13 Å². The van der Waals surface area contributed by atoms with Gasteiger partial charge in [-0.25, -0.2) is 4.39 Å². The second-order valence-corrected chi connectivity index (χ2v) is 9.87. The molecule has 2 aromatic carbocycles. The number of rotatable bonds is 10. The van der Waals surface area contributed by atoms with Crippen LogP contribution < -0.4 is 10.1 Å². The lowest BCUT2D eigenvalue weighted by atomic mass is 9.86. The van der Waals surface area contributed by atoms with Crippen LogP contribution in [-0.2, 0) is 6.42 Å². The normalized spacial score (nSPS) is 15.8. The molecule has 0 spiro atoms. The number of likely N-dealkylation sites (tertiary alicyclic amines) is 1. The van der Waals surface area contributed by atoms with Gasteiger partial charge in [-0.1, -0.05) is 51.6 Å². The minimum atomic E-state index is -0.325. The van der Waals surface area contributed by atoms with Crippen LogP contribution in [-0.4, -0.2) is 30.1 Å². The number of ether oxygens (including phenoxy) is 1. The fraction of sp³-hybridized carbons (Fsp3) is 0.517. The van der Waals surface area contributed by atoms with Gasteiger partial charge >= 0.3 is 0 Å². The molecule has 0 amide bonds. The molecule has 180 valence electrons. The van der Waals surface area contributed by atoms with Gasteiger partial charge in [0, 0.05) is 36.4 Å². The van der Waals surface area contributed by atoms with Gasteiger partial charge < -0.3 is 15.0 Å². The van der Waals surface area contributed by atoms with E-state index >= 15 is 0 Å². The van der Waals surface area contributed by atoms with E-state index in [4.69, 9.17) is 4.74 Å². The molecule has 0 aliphatic carbocycles. The van der Waals surface area contributed by atoms with Crippen LogP contribution in [0.5, 0.6) is 5.75 Å². The van der Waals surface area contributed by atoms with Gasteiger partial charge in [0.2, 0.25) is 0 Å². The van der Waals surface area contributed by atoms with Crippen molar-refractivity contribution >= 4 is 5.70 Å². The van der Waals surface area contributed by atoms with Crippen molar-refractivity contribution in [3.8, 4) is 5.75 Å². The number of nitrogens with zero attached hydrogens (tertiary/aromatic N) is 1. The molecule has 4 heteroatoms. The molecule has 1 atom stereocenters. The molecule has 1 aliphatic heterocycles. The zero-order valence-electron chi connectivity index (χ0n) is 21.0. The highest BCUT2D eigenvalue weighted by molar-refractivity contribution is 5.62. The van der Waals surface area contributed by atoms with Gasteiger partial charge in [0.15, 0.2) is 11.6 Å². The number of nitrogens with one attached hydrogen (secondary N) is 1. The fourth-order valence-corrected chi connectivity index (χ4v) is 4.82. The number of benzene rings is 2. The van der Waals surface area contributed by atoms with Crippen LogP contribution in [0.1, 0.15) is 76.6 Å². The minimum Gasteiger partial charge on any atom is -0.488 e. The molecule has 1 unspecified atom stereocenters. The van der Waals surface area contributed by atoms with Gasteiger partial charge in [-0.2, -0.15) is 0 Å². The highest BCUT2D eigenvalue weighted by Crippen LogP contribution is 2.31. The number of hydrogen-bond acceptors (Lipinski definition) is 3. The van der Waals surface area contributed by atoms with E-state index in [1.54, 1.807) is 12.1 Å². The van der Waals surface area contributed by atoms with Crippen molar-refractivity contribution in [3.63, 3.8) is 0 Å². The van der Waals surface area contributed by atoms with Crippen LogP contribution in [0.25, 0.3) is 5.70 Å². The average molecular weight is 453 g/mol. The summed E-state index contributed by atoms with van der Waals surface area (Å²) in [4.78, 5) is 2.30. The number of halogens is 1. The largest absolute Gasteiger partial charge is 0.488 e. The zero-order chi connectivity index (χ0) is 24.0. The average Bonchev–Trinajstić information content (AvgIpc) is 2.79. The molecule has 0 bridgehead atoms. The number of hydrogen-bond donors (Lipinski definition) is 1. The van der Waals surface area contributed by atoms with Gasteiger partial charge in [-0.15, -0.1) is 0 Å². The minimum absolute atomic E-state index is 0.0496. The van der Waals surface area contributed by atoms with Crippen molar-refractivity contribution in [2.45, 2.75) is 78.5 Å². The maximum absolute atomic E-state index is 14.5. The molecule has 1 saturated heterocycles. The van der Waals surface area contributed by atoms with Crippen molar-refractivity contribution in [1.29, 1.82) is 0 Å². The van der Waals surface area contributed by atoms with Crippen molar-refractivity contribution in [2.24, 2.45) is 5.92 Å². The monoisotopic (exact) mass is 452 g/mol.